The molecule has 2 heterocycles. The van der Waals surface area contributed by atoms with Crippen molar-refractivity contribution >= 4 is 29.1 Å². The van der Waals surface area contributed by atoms with Gasteiger partial charge < -0.3 is 16.0 Å². The summed E-state index contributed by atoms with van der Waals surface area (Å²) in [7, 11) is 0. The van der Waals surface area contributed by atoms with E-state index in [9.17, 15) is 31.9 Å². The molecular formula is C22H18F4N6O3. The molecule has 1 aromatic heterocycles. The van der Waals surface area contributed by atoms with E-state index in [0.717, 1.165) is 12.1 Å². The van der Waals surface area contributed by atoms with Crippen molar-refractivity contribution < 1.29 is 31.9 Å². The van der Waals surface area contributed by atoms with Crippen LogP contribution in [0.15, 0.2) is 58.5 Å². The van der Waals surface area contributed by atoms with Crippen molar-refractivity contribution in [3.63, 3.8) is 0 Å². The SMILES string of the molecule is O=C1CC(C(=O)NC2(C(=O)NCc3ccc(Nc4ccc(F)cc4C(F)(F)F)cn3)CC2)=CN=N1. The standard InChI is InChI=1S/C22H18F4N6O3/c23-13-1-4-17(16(8-13)22(24,25)26)30-15-3-2-14(27-11-15)10-28-20(35)21(5-6-21)31-19(34)12-7-18(33)32-29-9-12/h1-4,8-9,11,30H,5-7,10H2,(H,28,35)(H,31,34). The van der Waals surface area contributed by atoms with Crippen LogP contribution in [-0.4, -0.2) is 28.2 Å². The summed E-state index contributed by atoms with van der Waals surface area (Å²) >= 11 is 0. The Morgan fingerprint density at radius 1 is 1.11 bits per heavy atom. The molecule has 2 aromatic rings. The lowest BCUT2D eigenvalue weighted by Crippen LogP contribution is -2.49. The van der Waals surface area contributed by atoms with Crippen LogP contribution in [0.5, 0.6) is 0 Å². The molecule has 0 atom stereocenters. The number of carbonyl (C=O) groups excluding carboxylic acids is 3. The Kier molecular flexibility index (Phi) is 6.33. The van der Waals surface area contributed by atoms with Crippen molar-refractivity contribution in [1.29, 1.82) is 0 Å². The number of azo groups is 1. The molecule has 0 spiro atoms. The molecular weight excluding hydrogens is 472 g/mol. The molecule has 0 bridgehead atoms. The van der Waals surface area contributed by atoms with Crippen molar-refractivity contribution in [2.75, 3.05) is 5.32 Å². The summed E-state index contributed by atoms with van der Waals surface area (Å²) in [6.07, 6.45) is -1.65. The largest absolute Gasteiger partial charge is 0.418 e. The minimum atomic E-state index is -4.75. The van der Waals surface area contributed by atoms with E-state index in [1.54, 1.807) is 0 Å². The van der Waals surface area contributed by atoms with Crippen LogP contribution >= 0.6 is 0 Å². The minimum Gasteiger partial charge on any atom is -0.354 e. The first-order chi connectivity index (χ1) is 16.6. The van der Waals surface area contributed by atoms with Crippen molar-refractivity contribution in [3.8, 4) is 0 Å². The summed E-state index contributed by atoms with van der Waals surface area (Å²) in [6.45, 7) is 0.0104. The number of pyridine rings is 1. The quantitative estimate of drug-likeness (QED) is 0.513. The lowest BCUT2D eigenvalue weighted by molar-refractivity contribution is -0.137. The highest BCUT2D eigenvalue weighted by molar-refractivity contribution is 6.03. The first kappa shape index (κ1) is 24.0. The van der Waals surface area contributed by atoms with Gasteiger partial charge in [0.25, 0.3) is 5.91 Å². The second-order valence-corrected chi connectivity index (χ2v) is 8.01. The van der Waals surface area contributed by atoms with Gasteiger partial charge in [-0.1, -0.05) is 0 Å². The van der Waals surface area contributed by atoms with E-state index in [1.807, 2.05) is 0 Å². The fourth-order valence-corrected chi connectivity index (χ4v) is 3.34. The molecule has 0 saturated heterocycles. The second-order valence-electron chi connectivity index (χ2n) is 8.01. The highest BCUT2D eigenvalue weighted by Gasteiger charge is 2.51. The molecule has 1 saturated carbocycles. The third-order valence-corrected chi connectivity index (χ3v) is 5.37. The number of rotatable bonds is 7. The summed E-state index contributed by atoms with van der Waals surface area (Å²) in [6, 6.07) is 5.26. The van der Waals surface area contributed by atoms with Gasteiger partial charge in [-0.3, -0.25) is 19.4 Å². The van der Waals surface area contributed by atoms with Gasteiger partial charge in [-0.05, 0) is 43.2 Å². The number of carbonyl (C=O) groups is 3. The number of amides is 3. The van der Waals surface area contributed by atoms with E-state index < -0.39 is 40.8 Å². The van der Waals surface area contributed by atoms with Crippen molar-refractivity contribution in [2.45, 2.75) is 37.5 Å². The maximum Gasteiger partial charge on any atom is 0.418 e. The van der Waals surface area contributed by atoms with E-state index in [0.29, 0.717) is 24.6 Å². The number of nitrogens with zero attached hydrogens (tertiary/aromatic N) is 3. The van der Waals surface area contributed by atoms with Crippen LogP contribution in [0.4, 0.5) is 28.9 Å². The first-order valence-corrected chi connectivity index (χ1v) is 10.4. The van der Waals surface area contributed by atoms with Crippen LogP contribution < -0.4 is 16.0 Å². The minimum absolute atomic E-state index is 0.0104. The molecule has 0 unspecified atom stereocenters. The van der Waals surface area contributed by atoms with Gasteiger partial charge in [0.05, 0.1) is 48.0 Å². The monoisotopic (exact) mass is 490 g/mol. The third-order valence-electron chi connectivity index (χ3n) is 5.37. The zero-order valence-electron chi connectivity index (χ0n) is 17.9. The molecule has 9 nitrogen and oxygen atoms in total. The van der Waals surface area contributed by atoms with E-state index >= 15 is 0 Å². The topological polar surface area (TPSA) is 125 Å². The van der Waals surface area contributed by atoms with Gasteiger partial charge in [0.2, 0.25) is 11.8 Å². The Bertz CT molecular complexity index is 1240. The Morgan fingerprint density at radius 2 is 1.89 bits per heavy atom. The molecule has 3 amide bonds. The van der Waals surface area contributed by atoms with E-state index in [-0.39, 0.29) is 29.9 Å². The van der Waals surface area contributed by atoms with Gasteiger partial charge in [0, 0.05) is 5.57 Å². The lowest BCUT2D eigenvalue weighted by atomic mass is 10.1. The molecule has 13 heteroatoms. The number of alkyl halides is 3. The maximum absolute atomic E-state index is 13.3. The predicted octanol–water partition coefficient (Wildman–Crippen LogP) is 3.51. The number of benzene rings is 1. The average Bonchev–Trinajstić information content (AvgIpc) is 3.59. The molecule has 3 N–H and O–H groups in total. The number of halogens is 4. The lowest BCUT2D eigenvalue weighted by Gasteiger charge is -2.18. The van der Waals surface area contributed by atoms with Gasteiger partial charge in [-0.25, -0.2) is 4.39 Å². The Balaban J connectivity index is 1.34. The summed E-state index contributed by atoms with van der Waals surface area (Å²) in [5.41, 5.74) is -1.80. The fraction of sp³-hybridized carbons (Fsp3) is 0.273. The molecule has 1 fully saturated rings. The Labute approximate surface area is 195 Å². The zero-order valence-corrected chi connectivity index (χ0v) is 17.9. The van der Waals surface area contributed by atoms with E-state index in [2.05, 4.69) is 31.2 Å². The van der Waals surface area contributed by atoms with Crippen LogP contribution in [0.3, 0.4) is 0 Å². The number of aromatic nitrogens is 1. The molecule has 1 aliphatic carbocycles. The third kappa shape index (κ3) is 5.67. The molecule has 2 aliphatic rings. The number of nitrogens with one attached hydrogen (secondary N) is 3. The van der Waals surface area contributed by atoms with Gasteiger partial charge >= 0.3 is 6.18 Å². The summed E-state index contributed by atoms with van der Waals surface area (Å²) in [4.78, 5) is 40.4. The van der Waals surface area contributed by atoms with Crippen molar-refractivity contribution in [3.05, 3.63) is 65.4 Å². The molecule has 35 heavy (non-hydrogen) atoms. The van der Waals surface area contributed by atoms with Crippen molar-refractivity contribution in [2.24, 2.45) is 10.2 Å². The summed E-state index contributed by atoms with van der Waals surface area (Å²) in [5.74, 6) is -2.56. The summed E-state index contributed by atoms with van der Waals surface area (Å²) < 4.78 is 52.7. The smallest absolute Gasteiger partial charge is 0.354 e. The Morgan fingerprint density at radius 3 is 2.51 bits per heavy atom. The fourth-order valence-electron chi connectivity index (χ4n) is 3.34. The van der Waals surface area contributed by atoms with Gasteiger partial charge in [-0.2, -0.15) is 18.3 Å². The molecule has 0 radical (unpaired) electrons. The number of hydrogen-bond acceptors (Lipinski definition) is 6. The van der Waals surface area contributed by atoms with E-state index in [1.165, 1.54) is 24.5 Å². The van der Waals surface area contributed by atoms with Crippen molar-refractivity contribution in [1.82, 2.24) is 15.6 Å². The molecule has 1 aliphatic heterocycles. The normalized spacial score (nSPS) is 16.3. The van der Waals surface area contributed by atoms with Crippen LogP contribution in [-0.2, 0) is 27.1 Å². The maximum atomic E-state index is 13.3. The van der Waals surface area contributed by atoms with E-state index in [4.69, 9.17) is 0 Å². The van der Waals surface area contributed by atoms with Crippen LogP contribution in [0.1, 0.15) is 30.5 Å². The highest BCUT2D eigenvalue weighted by atomic mass is 19.4. The Hall–Kier alpha value is -4.16. The predicted molar refractivity (Wildman–Crippen MR) is 113 cm³/mol. The summed E-state index contributed by atoms with van der Waals surface area (Å²) in [5, 5.41) is 14.6. The van der Waals surface area contributed by atoms with Crippen LogP contribution in [0.2, 0.25) is 0 Å². The van der Waals surface area contributed by atoms with Gasteiger partial charge in [-0.15, -0.1) is 5.11 Å². The second kappa shape index (κ2) is 9.24. The average molecular weight is 490 g/mol. The molecule has 4 rings (SSSR count). The molecule has 182 valence electrons. The zero-order chi connectivity index (χ0) is 25.2. The molecule has 1 aromatic carbocycles. The van der Waals surface area contributed by atoms with Crippen LogP contribution in [0, 0.1) is 5.82 Å². The van der Waals surface area contributed by atoms with Gasteiger partial charge in [0.15, 0.2) is 0 Å². The number of anilines is 2. The number of hydrogen-bond donors (Lipinski definition) is 3. The van der Waals surface area contributed by atoms with Crippen LogP contribution in [0.25, 0.3) is 0 Å². The first-order valence-electron chi connectivity index (χ1n) is 10.4. The highest BCUT2D eigenvalue weighted by Crippen LogP contribution is 2.37. The van der Waals surface area contributed by atoms with Gasteiger partial charge in [0.1, 0.15) is 11.4 Å².